The van der Waals surface area contributed by atoms with Gasteiger partial charge in [0.15, 0.2) is 0 Å². The van der Waals surface area contributed by atoms with Crippen molar-refractivity contribution in [3.63, 3.8) is 0 Å². The van der Waals surface area contributed by atoms with Crippen molar-refractivity contribution in [3.8, 4) is 6.07 Å². The average Bonchev–Trinajstić information content (AvgIpc) is 2.44. The van der Waals surface area contributed by atoms with Crippen LogP contribution in [-0.4, -0.2) is 43.8 Å². The van der Waals surface area contributed by atoms with Crippen LogP contribution in [0.2, 0.25) is 0 Å². The summed E-state index contributed by atoms with van der Waals surface area (Å²) in [5.41, 5.74) is 0. The van der Waals surface area contributed by atoms with Crippen molar-refractivity contribution >= 4 is 6.03 Å². The Balaban J connectivity index is 1.64. The number of nitriles is 1. The monoisotopic (exact) mass is 279 g/mol. The Hall–Kier alpha value is -1.28. The zero-order valence-electron chi connectivity index (χ0n) is 12.5. The number of methoxy groups -OCH3 is 1. The van der Waals surface area contributed by atoms with Crippen LogP contribution >= 0.6 is 0 Å². The van der Waals surface area contributed by atoms with Gasteiger partial charge in [0.05, 0.1) is 12.2 Å². The molecule has 0 aliphatic heterocycles. The molecule has 2 fully saturated rings. The normalized spacial score (nSPS) is 32.9. The molecule has 1 N–H and O–H groups in total. The molecule has 2 aliphatic carbocycles. The highest BCUT2D eigenvalue weighted by molar-refractivity contribution is 5.74. The minimum absolute atomic E-state index is 0.0203. The number of nitrogens with zero attached hydrogens (tertiary/aromatic N) is 2. The molecule has 5 nitrogen and oxygen atoms in total. The predicted octanol–water partition coefficient (Wildman–Crippen LogP) is 2.14. The fraction of sp³-hybridized carbons (Fsp3) is 0.867. The Morgan fingerprint density at radius 1 is 1.35 bits per heavy atom. The minimum atomic E-state index is 0.0203. The maximum Gasteiger partial charge on any atom is 0.317 e. The number of hydrogen-bond donors (Lipinski definition) is 1. The van der Waals surface area contributed by atoms with Gasteiger partial charge in [0, 0.05) is 32.7 Å². The lowest BCUT2D eigenvalue weighted by atomic mass is 9.83. The third kappa shape index (κ3) is 3.63. The molecule has 20 heavy (non-hydrogen) atoms. The summed E-state index contributed by atoms with van der Waals surface area (Å²) in [5.74, 6) is 0.760. The lowest BCUT2D eigenvalue weighted by Gasteiger charge is -2.40. The van der Waals surface area contributed by atoms with E-state index in [2.05, 4.69) is 11.4 Å². The topological polar surface area (TPSA) is 65.4 Å². The van der Waals surface area contributed by atoms with Gasteiger partial charge in [-0.3, -0.25) is 0 Å². The van der Waals surface area contributed by atoms with Gasteiger partial charge in [-0.15, -0.1) is 0 Å². The van der Waals surface area contributed by atoms with Gasteiger partial charge in [0.1, 0.15) is 0 Å². The van der Waals surface area contributed by atoms with E-state index in [0.717, 1.165) is 45.1 Å². The summed E-state index contributed by atoms with van der Waals surface area (Å²) in [7, 11) is 3.58. The van der Waals surface area contributed by atoms with Gasteiger partial charge in [-0.1, -0.05) is 0 Å². The smallest absolute Gasteiger partial charge is 0.317 e. The summed E-state index contributed by atoms with van der Waals surface area (Å²) in [5, 5.41) is 11.9. The van der Waals surface area contributed by atoms with Gasteiger partial charge >= 0.3 is 6.03 Å². The first-order valence-electron chi connectivity index (χ1n) is 7.57. The first-order chi connectivity index (χ1) is 9.63. The molecule has 0 bridgehead atoms. The molecular formula is C15H25N3O2. The second-order valence-corrected chi connectivity index (χ2v) is 6.13. The highest BCUT2D eigenvalue weighted by Gasteiger charge is 2.34. The van der Waals surface area contributed by atoms with Gasteiger partial charge < -0.3 is 15.0 Å². The lowest BCUT2D eigenvalue weighted by molar-refractivity contribution is -0.00856. The summed E-state index contributed by atoms with van der Waals surface area (Å²) >= 11 is 0. The van der Waals surface area contributed by atoms with E-state index in [9.17, 15) is 4.79 Å². The Kier molecular flexibility index (Phi) is 5.24. The maximum absolute atomic E-state index is 12.1. The Morgan fingerprint density at radius 2 is 2.00 bits per heavy atom. The summed E-state index contributed by atoms with van der Waals surface area (Å²) in [4.78, 5) is 13.9. The summed E-state index contributed by atoms with van der Waals surface area (Å²) < 4.78 is 5.24. The zero-order chi connectivity index (χ0) is 14.5. The van der Waals surface area contributed by atoms with E-state index in [4.69, 9.17) is 10.00 Å². The van der Waals surface area contributed by atoms with Gasteiger partial charge in [0.25, 0.3) is 0 Å². The fourth-order valence-electron chi connectivity index (χ4n) is 3.06. The number of ether oxygens (including phenoxy) is 1. The third-order valence-electron chi connectivity index (χ3n) is 4.84. The largest absolute Gasteiger partial charge is 0.381 e. The number of rotatable bonds is 4. The molecule has 0 spiro atoms. The minimum Gasteiger partial charge on any atom is -0.381 e. The standard InChI is InChI=1S/C15H25N3O2/c1-18(13-7-14(8-13)20-2)15(19)17-10-12-5-3-11(9-16)4-6-12/h11-14H,3-8,10H2,1-2H3,(H,17,19). The first-order valence-corrected chi connectivity index (χ1v) is 7.57. The van der Waals surface area contributed by atoms with Crippen LogP contribution in [0.25, 0.3) is 0 Å². The van der Waals surface area contributed by atoms with Crippen LogP contribution in [0.5, 0.6) is 0 Å². The van der Waals surface area contributed by atoms with E-state index in [1.807, 2.05) is 7.05 Å². The molecule has 0 aromatic heterocycles. The maximum atomic E-state index is 12.1. The van der Waals surface area contributed by atoms with E-state index < -0.39 is 0 Å². The number of carbonyl (C=O) groups is 1. The molecule has 0 aromatic carbocycles. The molecule has 0 saturated heterocycles. The molecule has 2 saturated carbocycles. The van der Waals surface area contributed by atoms with Crippen molar-refractivity contribution in [3.05, 3.63) is 0 Å². The SMILES string of the molecule is COC1CC(N(C)C(=O)NCC2CCC(C#N)CC2)C1. The molecule has 2 aliphatic rings. The average molecular weight is 279 g/mol. The van der Waals surface area contributed by atoms with Crippen LogP contribution in [0.3, 0.4) is 0 Å². The zero-order valence-corrected chi connectivity index (χ0v) is 12.5. The highest BCUT2D eigenvalue weighted by Crippen LogP contribution is 2.28. The van der Waals surface area contributed by atoms with E-state index in [-0.39, 0.29) is 11.9 Å². The summed E-state index contributed by atoms with van der Waals surface area (Å²) in [6, 6.07) is 2.67. The third-order valence-corrected chi connectivity index (χ3v) is 4.84. The van der Waals surface area contributed by atoms with Crippen molar-refractivity contribution in [1.82, 2.24) is 10.2 Å². The highest BCUT2D eigenvalue weighted by atomic mass is 16.5. The van der Waals surface area contributed by atoms with Gasteiger partial charge in [0.2, 0.25) is 0 Å². The van der Waals surface area contributed by atoms with Crippen molar-refractivity contribution in [2.45, 2.75) is 50.7 Å². The second-order valence-electron chi connectivity index (χ2n) is 6.13. The molecule has 112 valence electrons. The van der Waals surface area contributed by atoms with E-state index in [1.54, 1.807) is 12.0 Å². The van der Waals surface area contributed by atoms with Gasteiger partial charge in [-0.25, -0.2) is 4.79 Å². The van der Waals surface area contributed by atoms with E-state index in [0.29, 0.717) is 18.1 Å². The van der Waals surface area contributed by atoms with Gasteiger partial charge in [-0.05, 0) is 44.4 Å². The quantitative estimate of drug-likeness (QED) is 0.857. The molecule has 2 rings (SSSR count). The molecule has 0 aromatic rings. The van der Waals surface area contributed by atoms with Crippen LogP contribution in [0.15, 0.2) is 0 Å². The number of nitrogens with one attached hydrogen (secondary N) is 1. The van der Waals surface area contributed by atoms with E-state index in [1.165, 1.54) is 0 Å². The fourth-order valence-corrected chi connectivity index (χ4v) is 3.06. The van der Waals surface area contributed by atoms with Crippen molar-refractivity contribution in [2.75, 3.05) is 20.7 Å². The Labute approximate surface area is 121 Å². The summed E-state index contributed by atoms with van der Waals surface area (Å²) in [6.07, 6.45) is 6.25. The summed E-state index contributed by atoms with van der Waals surface area (Å²) in [6.45, 7) is 0.738. The lowest BCUT2D eigenvalue weighted by Crippen LogP contribution is -2.52. The van der Waals surface area contributed by atoms with Crippen LogP contribution in [0, 0.1) is 23.2 Å². The molecule has 2 amide bonds. The second kappa shape index (κ2) is 6.94. The molecule has 0 atom stereocenters. The molecule has 0 heterocycles. The molecule has 0 unspecified atom stereocenters. The molecule has 0 radical (unpaired) electrons. The van der Waals surface area contributed by atoms with Gasteiger partial charge in [-0.2, -0.15) is 5.26 Å². The number of urea groups is 1. The van der Waals surface area contributed by atoms with E-state index >= 15 is 0 Å². The Morgan fingerprint density at radius 3 is 2.55 bits per heavy atom. The van der Waals surface area contributed by atoms with Crippen molar-refractivity contribution in [1.29, 1.82) is 5.26 Å². The Bertz CT molecular complexity index is 366. The number of carbonyl (C=O) groups excluding carboxylic acids is 1. The predicted molar refractivity (Wildman–Crippen MR) is 76.0 cm³/mol. The van der Waals surface area contributed by atoms with Crippen molar-refractivity contribution in [2.24, 2.45) is 11.8 Å². The number of amides is 2. The van der Waals surface area contributed by atoms with Crippen LogP contribution in [0.4, 0.5) is 4.79 Å². The molecule has 5 heteroatoms. The van der Waals surface area contributed by atoms with Crippen LogP contribution in [0.1, 0.15) is 38.5 Å². The number of hydrogen-bond acceptors (Lipinski definition) is 3. The first kappa shape index (κ1) is 15.1. The molecular weight excluding hydrogens is 254 g/mol. The van der Waals surface area contributed by atoms with Crippen LogP contribution < -0.4 is 5.32 Å². The van der Waals surface area contributed by atoms with Crippen molar-refractivity contribution < 1.29 is 9.53 Å². The van der Waals surface area contributed by atoms with Crippen LogP contribution in [-0.2, 0) is 4.74 Å².